The molecule has 0 amide bonds. The number of allylic oxidation sites excluding steroid dienone is 2. The molecule has 7 rings (SSSR count). The summed E-state index contributed by atoms with van der Waals surface area (Å²) >= 11 is 0. The number of hydrogen-bond acceptors (Lipinski definition) is 10. The minimum atomic E-state index is -2.07. The van der Waals surface area contributed by atoms with Crippen molar-refractivity contribution in [3.8, 4) is 0 Å². The molecule has 0 aromatic carbocycles. The van der Waals surface area contributed by atoms with Crippen LogP contribution < -0.4 is 0 Å². The van der Waals surface area contributed by atoms with Gasteiger partial charge in [-0.25, -0.2) is 0 Å². The van der Waals surface area contributed by atoms with Gasteiger partial charge >= 0.3 is 11.9 Å². The molecule has 1 aromatic heterocycles. The predicted molar refractivity (Wildman–Crippen MR) is 148 cm³/mol. The van der Waals surface area contributed by atoms with Crippen molar-refractivity contribution in [3.05, 3.63) is 36.3 Å². The summed E-state index contributed by atoms with van der Waals surface area (Å²) < 4.78 is 30.6. The summed E-state index contributed by atoms with van der Waals surface area (Å²) in [6.07, 6.45) is 4.70. The zero-order valence-electron chi connectivity index (χ0n) is 25.7. The third kappa shape index (κ3) is 2.96. The fraction of sp³-hybridized carbons (Fsp3) is 0.697. The van der Waals surface area contributed by atoms with Gasteiger partial charge in [-0.15, -0.1) is 0 Å². The van der Waals surface area contributed by atoms with Gasteiger partial charge in [-0.3, -0.25) is 19.2 Å². The molecule has 1 N–H and O–H groups in total. The van der Waals surface area contributed by atoms with Gasteiger partial charge in [-0.2, -0.15) is 0 Å². The summed E-state index contributed by atoms with van der Waals surface area (Å²) in [4.78, 5) is 54.9. The number of aliphatic hydroxyl groups is 1. The fourth-order valence-corrected chi connectivity index (χ4v) is 10.9. The number of rotatable bonds is 5. The van der Waals surface area contributed by atoms with Crippen LogP contribution >= 0.6 is 0 Å². The summed E-state index contributed by atoms with van der Waals surface area (Å²) in [7, 11) is 0. The third-order valence-corrected chi connectivity index (χ3v) is 12.7. The zero-order chi connectivity index (χ0) is 31.1. The molecule has 1 spiro atoms. The number of Topliss-reactive ketones (excluding diaryl/α,β-unsaturated/α-hetero) is 1. The van der Waals surface area contributed by atoms with Crippen molar-refractivity contribution in [3.63, 3.8) is 0 Å². The number of ether oxygens (including phenoxy) is 4. The molecule has 3 heterocycles. The molecule has 1 unspecified atom stereocenters. The van der Waals surface area contributed by atoms with Crippen molar-refractivity contribution in [1.82, 2.24) is 0 Å². The van der Waals surface area contributed by atoms with Gasteiger partial charge < -0.3 is 28.5 Å². The van der Waals surface area contributed by atoms with Gasteiger partial charge in [0.15, 0.2) is 5.78 Å². The molecule has 0 bridgehead atoms. The maximum absolute atomic E-state index is 15.3. The molecule has 2 saturated heterocycles. The van der Waals surface area contributed by atoms with Gasteiger partial charge in [0.2, 0.25) is 5.78 Å². The number of carbonyl (C=O) groups is 4. The second kappa shape index (κ2) is 8.46. The first-order valence-corrected chi connectivity index (χ1v) is 15.3. The van der Waals surface area contributed by atoms with Gasteiger partial charge in [0.05, 0.1) is 54.0 Å². The Morgan fingerprint density at radius 1 is 1.19 bits per heavy atom. The summed E-state index contributed by atoms with van der Waals surface area (Å²) in [6.45, 7) is 12.1. The van der Waals surface area contributed by atoms with E-state index in [1.807, 2.05) is 26.8 Å². The summed E-state index contributed by atoms with van der Waals surface area (Å²) in [5, 5.41) is 12.6. The first-order valence-electron chi connectivity index (χ1n) is 15.3. The highest BCUT2D eigenvalue weighted by molar-refractivity contribution is 6.02. The van der Waals surface area contributed by atoms with E-state index >= 15 is 4.79 Å². The SMILES string of the molecule is CC[C@H](C)C(=O)O[C@H]1[C@H](O)C2[C@@]3(C)C=CC(=O)[C@]4(C)CO[C@](OC(C)=O)(C(=O)[C@@]2(C)[C@@]25O[C@@H]2C[C@@H](c2ccoc2)[C@]15C)[C@@H]43. The largest absolute Gasteiger partial charge is 0.472 e. The molecule has 6 aliphatic rings. The first-order chi connectivity index (χ1) is 20.1. The number of furan rings is 1. The molecule has 3 saturated carbocycles. The lowest BCUT2D eigenvalue weighted by molar-refractivity contribution is -0.300. The van der Waals surface area contributed by atoms with E-state index in [0.717, 1.165) is 5.56 Å². The molecule has 5 fully saturated rings. The Labute approximate surface area is 250 Å². The number of hydrogen-bond donors (Lipinski definition) is 1. The second-order valence-corrected chi connectivity index (χ2v) is 14.6. The Hall–Kier alpha value is -2.82. The Balaban J connectivity index is 1.50. The van der Waals surface area contributed by atoms with Gasteiger partial charge in [0.25, 0.3) is 5.79 Å². The molecule has 10 heteroatoms. The lowest BCUT2D eigenvalue weighted by Crippen LogP contribution is -2.81. The van der Waals surface area contributed by atoms with Gasteiger partial charge in [0.1, 0.15) is 11.7 Å². The summed E-state index contributed by atoms with van der Waals surface area (Å²) in [5.41, 5.74) is -5.20. The van der Waals surface area contributed by atoms with Crippen LogP contribution in [0.15, 0.2) is 35.2 Å². The molecule has 10 nitrogen and oxygen atoms in total. The molecule has 4 aliphatic carbocycles. The van der Waals surface area contributed by atoms with Crippen molar-refractivity contribution in [2.75, 3.05) is 6.61 Å². The number of fused-ring (bicyclic) bond motifs is 2. The van der Waals surface area contributed by atoms with E-state index in [-0.39, 0.29) is 18.3 Å². The standard InChI is InChI=1S/C33H40O10/c1-8-16(2)25(37)41-24-22(36)23-28(4)11-9-20(35)29(5)15-40-32(26(28)29,42-17(3)34)27(38)31(23,7)33-21(43-33)13-19(30(24,33)6)18-10-12-39-14-18/h9-12,14,16,19,21-24,26,36H,8,13,15H2,1-7H3/t16-,19-,21+,22+,23?,24-,26+,28+,29-,30+,31-,32+,33+/m0/s1. The highest BCUT2D eigenvalue weighted by Gasteiger charge is 2.94. The van der Waals surface area contributed by atoms with E-state index in [2.05, 4.69) is 0 Å². The van der Waals surface area contributed by atoms with E-state index in [1.165, 1.54) is 13.0 Å². The van der Waals surface area contributed by atoms with Crippen LogP contribution in [0, 0.1) is 39.4 Å². The van der Waals surface area contributed by atoms with E-state index < -0.39 is 86.8 Å². The topological polar surface area (TPSA) is 142 Å². The fourth-order valence-electron chi connectivity index (χ4n) is 10.9. The maximum atomic E-state index is 15.3. The Bertz CT molecular complexity index is 1470. The van der Waals surface area contributed by atoms with E-state index in [4.69, 9.17) is 23.4 Å². The molecule has 0 radical (unpaired) electrons. The average molecular weight is 597 g/mol. The van der Waals surface area contributed by atoms with Gasteiger partial charge in [-0.05, 0) is 44.4 Å². The van der Waals surface area contributed by atoms with Crippen molar-refractivity contribution in [2.45, 2.75) is 96.9 Å². The highest BCUT2D eigenvalue weighted by Crippen LogP contribution is 2.83. The minimum absolute atomic E-state index is 0.132. The maximum Gasteiger partial charge on any atom is 0.309 e. The van der Waals surface area contributed by atoms with Gasteiger partial charge in [0, 0.05) is 29.6 Å². The summed E-state index contributed by atoms with van der Waals surface area (Å²) in [6, 6.07) is 1.85. The number of aliphatic hydroxyl groups excluding tert-OH is 1. The van der Waals surface area contributed by atoms with Crippen LogP contribution in [0.4, 0.5) is 0 Å². The van der Waals surface area contributed by atoms with Crippen LogP contribution in [-0.2, 0) is 38.1 Å². The predicted octanol–water partition coefficient (Wildman–Crippen LogP) is 3.51. The first kappa shape index (κ1) is 28.9. The van der Waals surface area contributed by atoms with Crippen molar-refractivity contribution in [2.24, 2.45) is 39.4 Å². The average Bonchev–Trinajstić information content (AvgIpc) is 3.21. The zero-order valence-corrected chi connectivity index (χ0v) is 25.7. The minimum Gasteiger partial charge on any atom is -0.472 e. The molecule has 1 aromatic rings. The van der Waals surface area contributed by atoms with Crippen LogP contribution in [0.5, 0.6) is 0 Å². The Kier molecular flexibility index (Phi) is 5.69. The normalized spacial score (nSPS) is 51.2. The summed E-state index contributed by atoms with van der Waals surface area (Å²) in [5.74, 6) is -6.48. The van der Waals surface area contributed by atoms with Crippen LogP contribution in [0.2, 0.25) is 0 Å². The van der Waals surface area contributed by atoms with Crippen molar-refractivity contribution >= 4 is 23.5 Å². The van der Waals surface area contributed by atoms with E-state index in [1.54, 1.807) is 39.4 Å². The monoisotopic (exact) mass is 596 g/mol. The molecular formula is C33H40O10. The molecule has 232 valence electrons. The smallest absolute Gasteiger partial charge is 0.309 e. The molecule has 2 aliphatic heterocycles. The lowest BCUT2D eigenvalue weighted by Gasteiger charge is -2.68. The second-order valence-electron chi connectivity index (χ2n) is 14.6. The highest BCUT2D eigenvalue weighted by atomic mass is 16.7. The molecule has 43 heavy (non-hydrogen) atoms. The number of esters is 2. The number of epoxide rings is 1. The molecule has 13 atom stereocenters. The van der Waals surface area contributed by atoms with Crippen molar-refractivity contribution < 1.29 is 47.6 Å². The van der Waals surface area contributed by atoms with Crippen molar-refractivity contribution in [1.29, 1.82) is 0 Å². The van der Waals surface area contributed by atoms with E-state index in [9.17, 15) is 19.5 Å². The Morgan fingerprint density at radius 2 is 1.91 bits per heavy atom. The Morgan fingerprint density at radius 3 is 2.53 bits per heavy atom. The van der Waals surface area contributed by atoms with E-state index in [0.29, 0.717) is 12.8 Å². The number of carbonyl (C=O) groups excluding carboxylic acids is 4. The van der Waals surface area contributed by atoms with Crippen LogP contribution in [0.3, 0.4) is 0 Å². The van der Waals surface area contributed by atoms with Crippen LogP contribution in [0.1, 0.15) is 72.8 Å². The van der Waals surface area contributed by atoms with Crippen LogP contribution in [0.25, 0.3) is 0 Å². The number of ketones is 2. The lowest BCUT2D eigenvalue weighted by atomic mass is 9.35. The van der Waals surface area contributed by atoms with Crippen LogP contribution in [-0.4, -0.2) is 64.9 Å². The third-order valence-electron chi connectivity index (χ3n) is 12.7. The molecular weight excluding hydrogens is 556 g/mol. The quantitative estimate of drug-likeness (QED) is 0.396. The van der Waals surface area contributed by atoms with Gasteiger partial charge in [-0.1, -0.05) is 33.8 Å².